The van der Waals surface area contributed by atoms with Gasteiger partial charge in [0.1, 0.15) is 11.3 Å². The van der Waals surface area contributed by atoms with Crippen LogP contribution in [0.4, 0.5) is 0 Å². The number of amides is 1. The molecule has 22 heavy (non-hydrogen) atoms. The third-order valence-corrected chi connectivity index (χ3v) is 4.41. The molecule has 2 heterocycles. The molecule has 1 atom stereocenters. The summed E-state index contributed by atoms with van der Waals surface area (Å²) in [5.41, 5.74) is 2.61. The number of imidazole rings is 1. The van der Waals surface area contributed by atoms with Gasteiger partial charge in [-0.25, -0.2) is 4.98 Å². The number of hydrogen-bond donors (Lipinski definition) is 1. The van der Waals surface area contributed by atoms with Gasteiger partial charge >= 0.3 is 0 Å². The predicted octanol–water partition coefficient (Wildman–Crippen LogP) is 2.03. The zero-order valence-corrected chi connectivity index (χ0v) is 13.0. The number of aromatic nitrogens is 2. The van der Waals surface area contributed by atoms with Crippen LogP contribution in [0.15, 0.2) is 36.8 Å². The summed E-state index contributed by atoms with van der Waals surface area (Å²) in [7, 11) is 1.81. The molecule has 0 spiro atoms. The molecule has 1 unspecified atom stereocenters. The molecule has 0 bridgehead atoms. The van der Waals surface area contributed by atoms with Gasteiger partial charge in [0.05, 0.1) is 25.7 Å². The van der Waals surface area contributed by atoms with Crippen molar-refractivity contribution in [3.8, 4) is 0 Å². The van der Waals surface area contributed by atoms with Crippen LogP contribution >= 0.6 is 0 Å². The zero-order chi connectivity index (χ0) is 15.6. The Kier molecular flexibility index (Phi) is 3.98. The second-order valence-corrected chi connectivity index (χ2v) is 5.68. The van der Waals surface area contributed by atoms with Gasteiger partial charge in [0.15, 0.2) is 0 Å². The Hall–Kier alpha value is -2.14. The summed E-state index contributed by atoms with van der Waals surface area (Å²) in [6, 6.07) is 8.33. The number of nitrogens with one attached hydrogen (secondary N) is 1. The molecule has 0 saturated carbocycles. The van der Waals surface area contributed by atoms with Crippen molar-refractivity contribution in [1.29, 1.82) is 0 Å². The number of fused-ring (bicyclic) bond motifs is 1. The van der Waals surface area contributed by atoms with Gasteiger partial charge in [0.25, 0.3) is 5.91 Å². The van der Waals surface area contributed by atoms with E-state index in [9.17, 15) is 4.79 Å². The fourth-order valence-corrected chi connectivity index (χ4v) is 3.07. The van der Waals surface area contributed by atoms with Crippen LogP contribution < -0.4 is 5.32 Å². The number of nitrogens with zero attached hydrogens (tertiary/aromatic N) is 2. The second kappa shape index (κ2) is 5.93. The average Bonchev–Trinajstić information content (AvgIpc) is 2.98. The van der Waals surface area contributed by atoms with Crippen molar-refractivity contribution >= 4 is 5.91 Å². The lowest BCUT2D eigenvalue weighted by Crippen LogP contribution is -2.45. The zero-order valence-electron chi connectivity index (χ0n) is 13.0. The van der Waals surface area contributed by atoms with Crippen molar-refractivity contribution in [3.63, 3.8) is 0 Å². The fraction of sp³-hybridized carbons (Fsp3) is 0.412. The monoisotopic (exact) mass is 299 g/mol. The van der Waals surface area contributed by atoms with E-state index in [-0.39, 0.29) is 5.91 Å². The molecule has 5 nitrogen and oxygen atoms in total. The molecule has 0 radical (unpaired) electrons. The van der Waals surface area contributed by atoms with Crippen molar-refractivity contribution in [2.75, 3.05) is 13.2 Å². The van der Waals surface area contributed by atoms with E-state index in [0.717, 1.165) is 12.8 Å². The van der Waals surface area contributed by atoms with E-state index in [4.69, 9.17) is 4.74 Å². The number of aryl methyl sites for hydroxylation is 1. The van der Waals surface area contributed by atoms with Crippen LogP contribution in [0.1, 0.15) is 35.0 Å². The van der Waals surface area contributed by atoms with Gasteiger partial charge in [0.2, 0.25) is 0 Å². The molecule has 1 aliphatic heterocycles. The molecule has 0 saturated heterocycles. The summed E-state index contributed by atoms with van der Waals surface area (Å²) in [4.78, 5) is 16.3. The van der Waals surface area contributed by atoms with Crippen molar-refractivity contribution in [2.24, 2.45) is 7.05 Å². The van der Waals surface area contributed by atoms with Crippen LogP contribution in [-0.4, -0.2) is 28.6 Å². The largest absolute Gasteiger partial charge is 0.368 e. The van der Waals surface area contributed by atoms with E-state index in [2.05, 4.69) is 35.4 Å². The number of rotatable bonds is 4. The van der Waals surface area contributed by atoms with E-state index in [1.807, 2.05) is 13.1 Å². The highest BCUT2D eigenvalue weighted by molar-refractivity contribution is 5.92. The first-order valence-electron chi connectivity index (χ1n) is 7.63. The molecular formula is C17H21N3O2. The maximum absolute atomic E-state index is 12.3. The summed E-state index contributed by atoms with van der Waals surface area (Å²) in [6.45, 7) is 3.25. The first kappa shape index (κ1) is 14.8. The van der Waals surface area contributed by atoms with Gasteiger partial charge in [-0.15, -0.1) is 0 Å². The van der Waals surface area contributed by atoms with Crippen molar-refractivity contribution < 1.29 is 9.53 Å². The molecule has 0 fully saturated rings. The average molecular weight is 299 g/mol. The molecule has 0 aliphatic carbocycles. The van der Waals surface area contributed by atoms with Crippen LogP contribution in [0.25, 0.3) is 0 Å². The first-order chi connectivity index (χ1) is 10.7. The van der Waals surface area contributed by atoms with Crippen molar-refractivity contribution in [3.05, 3.63) is 53.6 Å². The lowest BCUT2D eigenvalue weighted by molar-refractivity contribution is -0.0606. The standard InChI is InChI=1S/C17H21N3O2/c1-3-17(11-19-16(21)15-10-18-12-20(15)2)14-7-5-4-6-13(14)8-9-22-17/h4-7,10,12H,3,8-9,11H2,1-2H3,(H,19,21). The van der Waals surface area contributed by atoms with Gasteiger partial charge in [-0.1, -0.05) is 31.2 Å². The third kappa shape index (κ3) is 2.52. The highest BCUT2D eigenvalue weighted by Gasteiger charge is 2.36. The summed E-state index contributed by atoms with van der Waals surface area (Å²) >= 11 is 0. The molecule has 1 aromatic carbocycles. The Morgan fingerprint density at radius 3 is 3.00 bits per heavy atom. The van der Waals surface area contributed by atoms with Crippen molar-refractivity contribution in [1.82, 2.24) is 14.9 Å². The lowest BCUT2D eigenvalue weighted by atomic mass is 9.84. The quantitative estimate of drug-likeness (QED) is 0.940. The topological polar surface area (TPSA) is 56.2 Å². The number of carbonyl (C=O) groups is 1. The fourth-order valence-electron chi connectivity index (χ4n) is 3.07. The van der Waals surface area contributed by atoms with Crippen LogP contribution in [0.5, 0.6) is 0 Å². The van der Waals surface area contributed by atoms with E-state index >= 15 is 0 Å². The van der Waals surface area contributed by atoms with Gasteiger partial charge in [0, 0.05) is 7.05 Å². The second-order valence-electron chi connectivity index (χ2n) is 5.68. The van der Waals surface area contributed by atoms with E-state index in [1.54, 1.807) is 17.1 Å². The molecular weight excluding hydrogens is 278 g/mol. The highest BCUT2D eigenvalue weighted by atomic mass is 16.5. The molecule has 2 aromatic rings. The van der Waals surface area contributed by atoms with Gasteiger partial charge in [-0.05, 0) is 24.0 Å². The maximum Gasteiger partial charge on any atom is 0.269 e. The normalized spacial score (nSPS) is 20.5. The predicted molar refractivity (Wildman–Crippen MR) is 83.6 cm³/mol. The minimum Gasteiger partial charge on any atom is -0.368 e. The Morgan fingerprint density at radius 2 is 2.27 bits per heavy atom. The molecule has 1 N–H and O–H groups in total. The third-order valence-electron chi connectivity index (χ3n) is 4.41. The molecule has 5 heteroatoms. The molecule has 1 aliphatic rings. The van der Waals surface area contributed by atoms with Crippen LogP contribution in [0, 0.1) is 0 Å². The van der Waals surface area contributed by atoms with Gasteiger partial charge in [-0.3, -0.25) is 4.79 Å². The van der Waals surface area contributed by atoms with Gasteiger partial charge < -0.3 is 14.6 Å². The van der Waals surface area contributed by atoms with Crippen molar-refractivity contribution in [2.45, 2.75) is 25.4 Å². The Bertz CT molecular complexity index is 680. The van der Waals surface area contributed by atoms with Crippen LogP contribution in [0.2, 0.25) is 0 Å². The minimum atomic E-state index is -0.441. The molecule has 3 rings (SSSR count). The van der Waals surface area contributed by atoms with E-state index in [0.29, 0.717) is 18.8 Å². The van der Waals surface area contributed by atoms with E-state index in [1.165, 1.54) is 11.1 Å². The summed E-state index contributed by atoms with van der Waals surface area (Å²) in [5.74, 6) is -0.125. The Balaban J connectivity index is 1.81. The first-order valence-corrected chi connectivity index (χ1v) is 7.63. The summed E-state index contributed by atoms with van der Waals surface area (Å²) < 4.78 is 7.81. The summed E-state index contributed by atoms with van der Waals surface area (Å²) in [5, 5.41) is 3.00. The lowest BCUT2D eigenvalue weighted by Gasteiger charge is -2.38. The Morgan fingerprint density at radius 1 is 1.45 bits per heavy atom. The number of hydrogen-bond acceptors (Lipinski definition) is 3. The molecule has 1 amide bonds. The number of carbonyl (C=O) groups excluding carboxylic acids is 1. The van der Waals surface area contributed by atoms with E-state index < -0.39 is 5.60 Å². The number of ether oxygens (including phenoxy) is 1. The highest BCUT2D eigenvalue weighted by Crippen LogP contribution is 2.35. The number of benzene rings is 1. The summed E-state index contributed by atoms with van der Waals surface area (Å²) in [6.07, 6.45) is 4.93. The SMILES string of the molecule is CCC1(CNC(=O)c2cncn2C)OCCc2ccccc21. The van der Waals surface area contributed by atoms with Gasteiger partial charge in [-0.2, -0.15) is 0 Å². The maximum atomic E-state index is 12.3. The van der Waals surface area contributed by atoms with Crippen LogP contribution in [0.3, 0.4) is 0 Å². The minimum absolute atomic E-state index is 0.125. The molecule has 116 valence electrons. The molecule has 1 aromatic heterocycles. The smallest absolute Gasteiger partial charge is 0.269 e. The Labute approximate surface area is 130 Å². The van der Waals surface area contributed by atoms with Crippen LogP contribution in [-0.2, 0) is 23.8 Å².